The molecule has 1 fully saturated rings. The second kappa shape index (κ2) is 12.2. The van der Waals surface area contributed by atoms with Gasteiger partial charge in [0.1, 0.15) is 13.2 Å². The van der Waals surface area contributed by atoms with Crippen LogP contribution in [-0.4, -0.2) is 42.3 Å². The maximum Gasteiger partial charge on any atom is 0.326 e. The maximum absolute atomic E-state index is 12.7. The largest absolute Gasteiger partial charge is 0.493 e. The van der Waals surface area contributed by atoms with Crippen LogP contribution in [0.15, 0.2) is 47.9 Å². The number of carbonyl (C=O) groups is 3. The van der Waals surface area contributed by atoms with Gasteiger partial charge in [-0.1, -0.05) is 35.3 Å². The average molecular weight is 536 g/mol. The minimum Gasteiger partial charge on any atom is -0.493 e. The minimum absolute atomic E-state index is 0.162. The standard InChI is InChI=1S/C25H23Cl2NO6S/c1-4-6-16-9-15(11-21-24(30)28(25(31)35-21)13-22(29)33-5-2)10-20(32-3)23(16)34-14-17-7-8-18(26)12-19(17)27/h4,7-12H,1,5-6,13-14H2,2-3H3/b21-11+. The summed E-state index contributed by atoms with van der Waals surface area (Å²) in [7, 11) is 1.51. The van der Waals surface area contributed by atoms with Crippen molar-refractivity contribution in [3.05, 3.63) is 74.6 Å². The molecule has 0 atom stereocenters. The number of esters is 1. The lowest BCUT2D eigenvalue weighted by Gasteiger charge is -2.16. The van der Waals surface area contributed by atoms with Crippen LogP contribution in [-0.2, 0) is 27.4 Å². The van der Waals surface area contributed by atoms with E-state index < -0.39 is 23.7 Å². The number of nitrogens with zero attached hydrogens (tertiary/aromatic N) is 1. The van der Waals surface area contributed by atoms with Crippen molar-refractivity contribution < 1.29 is 28.6 Å². The number of hydrogen-bond acceptors (Lipinski definition) is 7. The molecule has 0 N–H and O–H groups in total. The summed E-state index contributed by atoms with van der Waals surface area (Å²) in [5.74, 6) is -0.263. The number of benzene rings is 2. The van der Waals surface area contributed by atoms with E-state index in [-0.39, 0.29) is 18.1 Å². The zero-order valence-corrected chi connectivity index (χ0v) is 21.5. The van der Waals surface area contributed by atoms with Crippen molar-refractivity contribution in [3.63, 3.8) is 0 Å². The van der Waals surface area contributed by atoms with E-state index in [2.05, 4.69) is 6.58 Å². The molecule has 1 saturated heterocycles. The van der Waals surface area contributed by atoms with Crippen LogP contribution in [0.3, 0.4) is 0 Å². The van der Waals surface area contributed by atoms with E-state index in [0.29, 0.717) is 33.5 Å². The third-order valence-corrected chi connectivity index (χ3v) is 6.38. The summed E-state index contributed by atoms with van der Waals surface area (Å²) in [5.41, 5.74) is 2.14. The molecule has 2 aromatic carbocycles. The summed E-state index contributed by atoms with van der Waals surface area (Å²) < 4.78 is 16.4. The number of ether oxygens (including phenoxy) is 3. The molecule has 1 heterocycles. The molecule has 0 saturated carbocycles. The first-order valence-electron chi connectivity index (χ1n) is 10.6. The van der Waals surface area contributed by atoms with Gasteiger partial charge in [-0.15, -0.1) is 6.58 Å². The maximum atomic E-state index is 12.7. The molecular weight excluding hydrogens is 513 g/mol. The number of hydrogen-bond donors (Lipinski definition) is 0. The highest BCUT2D eigenvalue weighted by Crippen LogP contribution is 2.38. The second-order valence-electron chi connectivity index (χ2n) is 7.30. The summed E-state index contributed by atoms with van der Waals surface area (Å²) in [4.78, 5) is 37.8. The lowest BCUT2D eigenvalue weighted by molar-refractivity contribution is -0.145. The predicted molar refractivity (Wildman–Crippen MR) is 137 cm³/mol. The van der Waals surface area contributed by atoms with Crippen LogP contribution in [0.4, 0.5) is 4.79 Å². The van der Waals surface area contributed by atoms with E-state index in [1.165, 1.54) is 7.11 Å². The molecule has 3 rings (SSSR count). The number of carbonyl (C=O) groups excluding carboxylic acids is 3. The summed E-state index contributed by atoms with van der Waals surface area (Å²) in [5, 5.41) is 0.476. The third kappa shape index (κ3) is 6.60. The van der Waals surface area contributed by atoms with Gasteiger partial charge in [0.05, 0.1) is 18.6 Å². The van der Waals surface area contributed by atoms with E-state index in [0.717, 1.165) is 27.8 Å². The monoisotopic (exact) mass is 535 g/mol. The first-order chi connectivity index (χ1) is 16.8. The lowest BCUT2D eigenvalue weighted by atomic mass is 10.0. The van der Waals surface area contributed by atoms with Crippen molar-refractivity contribution in [3.8, 4) is 11.5 Å². The van der Waals surface area contributed by atoms with Gasteiger partial charge in [-0.3, -0.25) is 19.3 Å². The Morgan fingerprint density at radius 2 is 1.94 bits per heavy atom. The molecule has 1 aliphatic heterocycles. The fraction of sp³-hybridized carbons (Fsp3) is 0.240. The SMILES string of the molecule is C=CCc1cc(/C=C2/SC(=O)N(CC(=O)OCC)C2=O)cc(OC)c1OCc1ccc(Cl)cc1Cl. The molecule has 0 aliphatic carbocycles. The highest BCUT2D eigenvalue weighted by molar-refractivity contribution is 8.18. The summed E-state index contributed by atoms with van der Waals surface area (Å²) in [6.45, 7) is 5.37. The fourth-order valence-corrected chi connectivity index (χ4v) is 4.60. The van der Waals surface area contributed by atoms with Crippen LogP contribution in [0.5, 0.6) is 11.5 Å². The zero-order chi connectivity index (χ0) is 25.5. The van der Waals surface area contributed by atoms with Gasteiger partial charge in [0.2, 0.25) is 0 Å². The summed E-state index contributed by atoms with van der Waals surface area (Å²) in [6, 6.07) is 8.67. The van der Waals surface area contributed by atoms with Crippen LogP contribution in [0.25, 0.3) is 6.08 Å². The van der Waals surface area contributed by atoms with Gasteiger partial charge in [0.25, 0.3) is 11.1 Å². The third-order valence-electron chi connectivity index (χ3n) is 4.89. The summed E-state index contributed by atoms with van der Waals surface area (Å²) >= 11 is 13.0. The Bertz CT molecular complexity index is 1200. The van der Waals surface area contributed by atoms with Gasteiger partial charge in [0, 0.05) is 21.2 Å². The van der Waals surface area contributed by atoms with Crippen LogP contribution in [0.2, 0.25) is 10.0 Å². The Balaban J connectivity index is 1.88. The predicted octanol–water partition coefficient (Wildman–Crippen LogP) is 5.91. The Morgan fingerprint density at radius 3 is 2.60 bits per heavy atom. The first-order valence-corrected chi connectivity index (χ1v) is 12.1. The van der Waals surface area contributed by atoms with Crippen LogP contribution < -0.4 is 9.47 Å². The molecule has 10 heteroatoms. The normalized spacial score (nSPS) is 14.4. The highest BCUT2D eigenvalue weighted by atomic mass is 35.5. The second-order valence-corrected chi connectivity index (χ2v) is 9.14. The number of halogens is 2. The van der Waals surface area contributed by atoms with Crippen molar-refractivity contribution in [1.82, 2.24) is 4.90 Å². The van der Waals surface area contributed by atoms with E-state index in [9.17, 15) is 14.4 Å². The van der Waals surface area contributed by atoms with E-state index in [1.807, 2.05) is 6.07 Å². The molecule has 184 valence electrons. The van der Waals surface area contributed by atoms with Gasteiger partial charge >= 0.3 is 5.97 Å². The Kier molecular flexibility index (Phi) is 9.26. The van der Waals surface area contributed by atoms with Gasteiger partial charge in [0.15, 0.2) is 11.5 Å². The number of imide groups is 1. The molecule has 0 unspecified atom stereocenters. The minimum atomic E-state index is -0.645. The van der Waals surface area contributed by atoms with Crippen molar-refractivity contribution in [2.24, 2.45) is 0 Å². The molecule has 2 amide bonds. The number of amides is 2. The molecular formula is C25H23Cl2NO6S. The highest BCUT2D eigenvalue weighted by Gasteiger charge is 2.36. The van der Waals surface area contributed by atoms with Crippen LogP contribution in [0, 0.1) is 0 Å². The van der Waals surface area contributed by atoms with E-state index >= 15 is 0 Å². The zero-order valence-electron chi connectivity index (χ0n) is 19.1. The molecule has 0 bridgehead atoms. The molecule has 1 aliphatic rings. The van der Waals surface area contributed by atoms with Crippen molar-refractivity contribution in [1.29, 1.82) is 0 Å². The molecule has 0 spiro atoms. The Hall–Kier alpha value is -2.94. The molecule has 2 aromatic rings. The summed E-state index contributed by atoms with van der Waals surface area (Å²) in [6.07, 6.45) is 3.75. The van der Waals surface area contributed by atoms with Gasteiger partial charge in [-0.25, -0.2) is 0 Å². The Morgan fingerprint density at radius 1 is 1.17 bits per heavy atom. The topological polar surface area (TPSA) is 82.1 Å². The number of thioether (sulfide) groups is 1. The molecule has 35 heavy (non-hydrogen) atoms. The molecule has 0 aromatic heterocycles. The number of allylic oxidation sites excluding steroid dienone is 1. The lowest BCUT2D eigenvalue weighted by Crippen LogP contribution is -2.34. The van der Waals surface area contributed by atoms with E-state index in [1.54, 1.807) is 43.3 Å². The van der Waals surface area contributed by atoms with E-state index in [4.69, 9.17) is 37.4 Å². The van der Waals surface area contributed by atoms with Gasteiger partial charge in [-0.2, -0.15) is 0 Å². The molecule has 0 radical (unpaired) electrons. The van der Waals surface area contributed by atoms with Crippen molar-refractivity contribution in [2.75, 3.05) is 20.3 Å². The molecule has 7 nitrogen and oxygen atoms in total. The first kappa shape index (κ1) is 26.7. The Labute approximate surface area is 217 Å². The average Bonchev–Trinajstić information content (AvgIpc) is 3.06. The fourth-order valence-electron chi connectivity index (χ4n) is 3.30. The van der Waals surface area contributed by atoms with Crippen molar-refractivity contribution >= 4 is 58.2 Å². The van der Waals surface area contributed by atoms with Gasteiger partial charge in [-0.05, 0) is 61.0 Å². The quantitative estimate of drug-likeness (QED) is 0.212. The number of rotatable bonds is 10. The van der Waals surface area contributed by atoms with Gasteiger partial charge < -0.3 is 14.2 Å². The van der Waals surface area contributed by atoms with Crippen molar-refractivity contribution in [2.45, 2.75) is 20.0 Å². The van der Waals surface area contributed by atoms with Crippen LogP contribution >= 0.6 is 35.0 Å². The smallest absolute Gasteiger partial charge is 0.326 e. The van der Waals surface area contributed by atoms with Crippen LogP contribution in [0.1, 0.15) is 23.6 Å². The number of methoxy groups -OCH3 is 1.